The number of anilines is 4. The van der Waals surface area contributed by atoms with Crippen molar-refractivity contribution in [3.63, 3.8) is 0 Å². The number of hydrogen-bond donors (Lipinski definition) is 2. The molecule has 1 aliphatic heterocycles. The third-order valence-electron chi connectivity index (χ3n) is 6.49. The third-order valence-corrected chi connectivity index (χ3v) is 6.49. The number of carbonyl (C=O) groups excluding carboxylic acids is 2. The molecule has 2 aromatic carbocycles. The number of benzene rings is 2. The lowest BCUT2D eigenvalue weighted by Crippen LogP contribution is -2.36. The molecule has 38 heavy (non-hydrogen) atoms. The number of Topliss-reactive ketones (excluding diaryl/α,β-unsaturated/α-hetero) is 1. The predicted octanol–water partition coefficient (Wildman–Crippen LogP) is 4.06. The van der Waals surface area contributed by atoms with Crippen LogP contribution in [0.4, 0.5) is 23.3 Å². The van der Waals surface area contributed by atoms with Crippen LogP contribution in [0.2, 0.25) is 0 Å². The number of amides is 1. The SMILES string of the molecule is Cn1nc(C(C)(C)C)cc1NC(=O)C(=O)c1ccc(Nc2nccc(N3CCOCC3)n2)c2ccccc12. The van der Waals surface area contributed by atoms with Crippen LogP contribution in [-0.4, -0.2) is 57.7 Å². The van der Waals surface area contributed by atoms with Gasteiger partial charge in [0.2, 0.25) is 5.95 Å². The van der Waals surface area contributed by atoms with Crippen molar-refractivity contribution in [1.29, 1.82) is 0 Å². The molecule has 0 atom stereocenters. The average molecular weight is 514 g/mol. The summed E-state index contributed by atoms with van der Waals surface area (Å²) in [4.78, 5) is 37.4. The number of ketones is 1. The number of fused-ring (bicyclic) bond motifs is 1. The second kappa shape index (κ2) is 10.2. The van der Waals surface area contributed by atoms with Gasteiger partial charge in [-0.25, -0.2) is 4.98 Å². The summed E-state index contributed by atoms with van der Waals surface area (Å²) in [5, 5.41) is 11.9. The number of hydrogen-bond acceptors (Lipinski definition) is 8. The van der Waals surface area contributed by atoms with Crippen LogP contribution in [0.5, 0.6) is 0 Å². The van der Waals surface area contributed by atoms with Crippen LogP contribution in [0.3, 0.4) is 0 Å². The fraction of sp³-hybridized carbons (Fsp3) is 0.321. The Morgan fingerprint density at radius 1 is 1.00 bits per heavy atom. The molecule has 10 heteroatoms. The van der Waals surface area contributed by atoms with E-state index in [0.29, 0.717) is 35.9 Å². The van der Waals surface area contributed by atoms with Gasteiger partial charge in [0.15, 0.2) is 0 Å². The first-order valence-electron chi connectivity index (χ1n) is 12.6. The second-order valence-corrected chi connectivity index (χ2v) is 10.2. The van der Waals surface area contributed by atoms with Crippen LogP contribution < -0.4 is 15.5 Å². The van der Waals surface area contributed by atoms with Crippen LogP contribution in [0, 0.1) is 0 Å². The van der Waals surface area contributed by atoms with E-state index >= 15 is 0 Å². The van der Waals surface area contributed by atoms with Crippen molar-refractivity contribution in [2.45, 2.75) is 26.2 Å². The molecular weight excluding hydrogens is 482 g/mol. The fourth-order valence-electron chi connectivity index (χ4n) is 4.35. The zero-order valence-electron chi connectivity index (χ0n) is 22.0. The van der Waals surface area contributed by atoms with Crippen LogP contribution in [-0.2, 0) is 22.0 Å². The second-order valence-electron chi connectivity index (χ2n) is 10.2. The van der Waals surface area contributed by atoms with Gasteiger partial charge in [-0.15, -0.1) is 0 Å². The molecule has 1 fully saturated rings. The Hall–Kier alpha value is -4.31. The summed E-state index contributed by atoms with van der Waals surface area (Å²) >= 11 is 0. The minimum atomic E-state index is -0.721. The van der Waals surface area contributed by atoms with Gasteiger partial charge >= 0.3 is 0 Å². The maximum Gasteiger partial charge on any atom is 0.297 e. The van der Waals surface area contributed by atoms with E-state index in [1.165, 1.54) is 0 Å². The smallest absolute Gasteiger partial charge is 0.297 e. The number of carbonyl (C=O) groups is 2. The highest BCUT2D eigenvalue weighted by Gasteiger charge is 2.24. The average Bonchev–Trinajstić information content (AvgIpc) is 3.29. The zero-order chi connectivity index (χ0) is 26.9. The molecule has 0 aliphatic carbocycles. The van der Waals surface area contributed by atoms with Crippen molar-refractivity contribution in [2.75, 3.05) is 41.8 Å². The van der Waals surface area contributed by atoms with Gasteiger partial charge in [-0.2, -0.15) is 10.1 Å². The highest BCUT2D eigenvalue weighted by molar-refractivity contribution is 6.48. The van der Waals surface area contributed by atoms with E-state index in [0.717, 1.165) is 35.7 Å². The van der Waals surface area contributed by atoms with Gasteiger partial charge in [0, 0.05) is 54.5 Å². The number of ether oxygens (including phenoxy) is 1. The molecule has 1 aliphatic rings. The number of nitrogens with zero attached hydrogens (tertiary/aromatic N) is 5. The summed E-state index contributed by atoms with van der Waals surface area (Å²) in [7, 11) is 1.74. The topological polar surface area (TPSA) is 114 Å². The molecule has 1 amide bonds. The van der Waals surface area contributed by atoms with Crippen molar-refractivity contribution >= 4 is 45.7 Å². The molecule has 0 unspecified atom stereocenters. The number of aryl methyl sites for hydroxylation is 1. The van der Waals surface area contributed by atoms with E-state index in [9.17, 15) is 9.59 Å². The van der Waals surface area contributed by atoms with Crippen molar-refractivity contribution in [3.8, 4) is 0 Å². The molecule has 0 radical (unpaired) electrons. The minimum absolute atomic E-state index is 0.185. The number of aromatic nitrogens is 4. The number of rotatable bonds is 6. The van der Waals surface area contributed by atoms with E-state index in [1.54, 1.807) is 36.1 Å². The molecule has 2 aromatic heterocycles. The van der Waals surface area contributed by atoms with Gasteiger partial charge in [0.1, 0.15) is 11.6 Å². The van der Waals surface area contributed by atoms with Gasteiger partial charge in [0.05, 0.1) is 18.9 Å². The van der Waals surface area contributed by atoms with Gasteiger partial charge in [-0.05, 0) is 23.6 Å². The maximum absolute atomic E-state index is 13.3. The van der Waals surface area contributed by atoms with E-state index in [-0.39, 0.29) is 5.41 Å². The van der Waals surface area contributed by atoms with E-state index in [2.05, 4.69) is 30.6 Å². The van der Waals surface area contributed by atoms with E-state index in [4.69, 9.17) is 4.74 Å². The lowest BCUT2D eigenvalue weighted by atomic mass is 9.92. The quantitative estimate of drug-likeness (QED) is 0.293. The monoisotopic (exact) mass is 513 g/mol. The first-order valence-corrected chi connectivity index (χ1v) is 12.6. The first-order chi connectivity index (χ1) is 18.2. The molecule has 3 heterocycles. The largest absolute Gasteiger partial charge is 0.378 e. The Kier molecular flexibility index (Phi) is 6.81. The Bertz CT molecular complexity index is 1500. The minimum Gasteiger partial charge on any atom is -0.378 e. The normalized spacial score (nSPS) is 13.9. The van der Waals surface area contributed by atoms with Gasteiger partial charge in [-0.3, -0.25) is 14.3 Å². The van der Waals surface area contributed by atoms with Crippen molar-refractivity contribution in [1.82, 2.24) is 19.7 Å². The highest BCUT2D eigenvalue weighted by Crippen LogP contribution is 2.30. The molecule has 5 rings (SSSR count). The molecular formula is C28H31N7O3. The van der Waals surface area contributed by atoms with Crippen LogP contribution >= 0.6 is 0 Å². The summed E-state index contributed by atoms with van der Waals surface area (Å²) in [6, 6.07) is 14.5. The number of morpholine rings is 1. The summed E-state index contributed by atoms with van der Waals surface area (Å²) in [5.41, 5.74) is 1.68. The molecule has 10 nitrogen and oxygen atoms in total. The van der Waals surface area contributed by atoms with Gasteiger partial charge in [0.25, 0.3) is 11.7 Å². The summed E-state index contributed by atoms with van der Waals surface area (Å²) in [6.07, 6.45) is 1.72. The van der Waals surface area contributed by atoms with Crippen LogP contribution in [0.15, 0.2) is 54.7 Å². The summed E-state index contributed by atoms with van der Waals surface area (Å²) in [5.74, 6) is 0.385. The van der Waals surface area contributed by atoms with Crippen molar-refractivity contribution in [3.05, 3.63) is 66.0 Å². The Morgan fingerprint density at radius 2 is 1.74 bits per heavy atom. The van der Waals surface area contributed by atoms with Crippen LogP contribution in [0.25, 0.3) is 10.8 Å². The van der Waals surface area contributed by atoms with Crippen molar-refractivity contribution in [2.24, 2.45) is 7.05 Å². The predicted molar refractivity (Wildman–Crippen MR) is 147 cm³/mol. The Labute approximate surface area is 221 Å². The lowest BCUT2D eigenvalue weighted by Gasteiger charge is -2.27. The Balaban J connectivity index is 1.40. The van der Waals surface area contributed by atoms with E-state index < -0.39 is 11.7 Å². The molecule has 1 saturated heterocycles. The maximum atomic E-state index is 13.3. The molecule has 0 spiro atoms. The molecule has 2 N–H and O–H groups in total. The lowest BCUT2D eigenvalue weighted by molar-refractivity contribution is -0.112. The van der Waals surface area contributed by atoms with Gasteiger partial charge in [-0.1, -0.05) is 45.0 Å². The van der Waals surface area contributed by atoms with Gasteiger partial charge < -0.3 is 20.3 Å². The Morgan fingerprint density at radius 3 is 2.45 bits per heavy atom. The zero-order valence-corrected chi connectivity index (χ0v) is 22.0. The number of nitrogens with one attached hydrogen (secondary N) is 2. The fourth-order valence-corrected chi connectivity index (χ4v) is 4.35. The van der Waals surface area contributed by atoms with Crippen LogP contribution in [0.1, 0.15) is 36.8 Å². The summed E-state index contributed by atoms with van der Waals surface area (Å²) < 4.78 is 7.01. The molecule has 0 saturated carbocycles. The highest BCUT2D eigenvalue weighted by atomic mass is 16.5. The molecule has 196 valence electrons. The summed E-state index contributed by atoms with van der Waals surface area (Å²) in [6.45, 7) is 8.99. The van der Waals surface area contributed by atoms with E-state index in [1.807, 2.05) is 51.1 Å². The first kappa shape index (κ1) is 25.3. The molecule has 0 bridgehead atoms. The van der Waals surface area contributed by atoms with Crippen molar-refractivity contribution < 1.29 is 14.3 Å². The third kappa shape index (κ3) is 5.21. The standard InChI is InChI=1S/C28H31N7O3/c1-28(2,3)22-17-24(34(4)33-22)31-26(37)25(36)20-9-10-21(19-8-6-5-7-18(19)20)30-27-29-12-11-23(32-27)35-13-15-38-16-14-35/h5-12,17H,13-16H2,1-4H3,(H,31,37)(H,29,30,32). The molecule has 4 aromatic rings.